The molecule has 1 aliphatic rings. The number of aromatic amines is 1. The molecule has 5 N–H and O–H groups in total. The second-order valence-corrected chi connectivity index (χ2v) is 7.50. The third kappa shape index (κ3) is 11.2. The van der Waals surface area contributed by atoms with Gasteiger partial charge in [-0.1, -0.05) is 84.8 Å². The number of nitrogens with two attached hydrogens (primary N) is 2. The molecule has 3 aromatic rings. The van der Waals surface area contributed by atoms with Crippen LogP contribution in [-0.4, -0.2) is 17.9 Å². The van der Waals surface area contributed by atoms with Crippen LogP contribution in [0.2, 0.25) is 0 Å². The molecule has 0 spiro atoms. The van der Waals surface area contributed by atoms with Crippen LogP contribution in [0.5, 0.6) is 0 Å². The molecule has 1 aromatic carbocycles. The molecule has 0 saturated heterocycles. The van der Waals surface area contributed by atoms with Crippen LogP contribution in [0.4, 0.5) is 5.69 Å². The second-order valence-electron chi connectivity index (χ2n) is 6.55. The molecule has 4 rings (SSSR count). The molecule has 1 saturated carbocycles. The molecule has 5 heteroatoms. The molecule has 1 fully saturated rings. The van der Waals surface area contributed by atoms with E-state index in [4.69, 9.17) is 5.73 Å². The van der Waals surface area contributed by atoms with Gasteiger partial charge in [-0.05, 0) is 42.1 Å². The van der Waals surface area contributed by atoms with Gasteiger partial charge in [0.15, 0.2) is 0 Å². The van der Waals surface area contributed by atoms with Gasteiger partial charge in [-0.3, -0.25) is 0 Å². The zero-order valence-corrected chi connectivity index (χ0v) is 20.4. The Morgan fingerprint density at radius 3 is 2.03 bits per heavy atom. The average molecular weight is 431 g/mol. The van der Waals surface area contributed by atoms with Gasteiger partial charge in [-0.25, -0.2) is 4.99 Å². The van der Waals surface area contributed by atoms with E-state index in [1.54, 1.807) is 11.3 Å². The summed E-state index contributed by atoms with van der Waals surface area (Å²) in [6.45, 7) is 8.25. The van der Waals surface area contributed by atoms with Crippen LogP contribution in [0.15, 0.2) is 53.0 Å². The molecule has 30 heavy (non-hydrogen) atoms. The highest BCUT2D eigenvalue weighted by molar-refractivity contribution is 7.12. The quantitative estimate of drug-likeness (QED) is 0.288. The topological polar surface area (TPSA) is 80.2 Å². The number of aromatic nitrogens is 1. The fraction of sp³-hybridized carbons (Fsp3) is 0.480. The summed E-state index contributed by atoms with van der Waals surface area (Å²) in [6, 6.07) is 12.0. The van der Waals surface area contributed by atoms with Gasteiger partial charge in [-0.15, -0.1) is 11.3 Å². The molecule has 0 aliphatic heterocycles. The second kappa shape index (κ2) is 18.9. The number of nitrogens with one attached hydrogen (secondary N) is 1. The maximum atomic E-state index is 5.94. The van der Waals surface area contributed by atoms with Crippen molar-refractivity contribution in [3.63, 3.8) is 0 Å². The highest BCUT2D eigenvalue weighted by Gasteiger charge is 2.00. The van der Waals surface area contributed by atoms with E-state index in [2.05, 4.69) is 29.6 Å². The molecule has 0 amide bonds. The number of fused-ring (bicyclic) bond motifs is 1. The van der Waals surface area contributed by atoms with E-state index in [0.717, 1.165) is 16.1 Å². The number of hydrogen-bond acceptors (Lipinski definition) is 3. The van der Waals surface area contributed by atoms with Gasteiger partial charge in [-0.2, -0.15) is 0 Å². The fourth-order valence-corrected chi connectivity index (χ4v) is 3.41. The van der Waals surface area contributed by atoms with Crippen molar-refractivity contribution in [3.05, 3.63) is 52.9 Å². The number of nitrogens with zero attached hydrogens (tertiary/aromatic N) is 1. The van der Waals surface area contributed by atoms with Crippen LogP contribution in [0.3, 0.4) is 0 Å². The van der Waals surface area contributed by atoms with Crippen LogP contribution in [0.25, 0.3) is 10.9 Å². The van der Waals surface area contributed by atoms with Crippen molar-refractivity contribution >= 4 is 33.8 Å². The Morgan fingerprint density at radius 1 is 0.967 bits per heavy atom. The first-order chi connectivity index (χ1) is 14.7. The van der Waals surface area contributed by atoms with Gasteiger partial charge in [0, 0.05) is 11.7 Å². The Bertz CT molecular complexity index is 760. The van der Waals surface area contributed by atoms with Gasteiger partial charge in [0.25, 0.3) is 0 Å². The minimum atomic E-state index is 0.561. The average Bonchev–Trinajstić information content (AvgIpc) is 3.51. The summed E-state index contributed by atoms with van der Waals surface area (Å²) in [4.78, 5) is 8.57. The fourth-order valence-electron chi connectivity index (χ4n) is 2.78. The Balaban J connectivity index is 0.000000539. The molecule has 1 aliphatic carbocycles. The first-order valence-electron chi connectivity index (χ1n) is 11.3. The SMILES string of the molecule is C1CCCCC1.CC.CCC.CN.NC(=Nc1ccc2cc[nH]c2c1)c1cccs1. The van der Waals surface area contributed by atoms with Crippen molar-refractivity contribution in [1.29, 1.82) is 0 Å². The van der Waals surface area contributed by atoms with Crippen LogP contribution in [-0.2, 0) is 0 Å². The summed E-state index contributed by atoms with van der Waals surface area (Å²) in [5.41, 5.74) is 12.4. The molecule has 0 atom stereocenters. The molecule has 0 bridgehead atoms. The predicted octanol–water partition coefficient (Wildman–Crippen LogP) is 7.62. The maximum Gasteiger partial charge on any atom is 0.141 e. The van der Waals surface area contributed by atoms with Gasteiger partial charge < -0.3 is 16.5 Å². The normalized spacial score (nSPS) is 12.7. The number of thiophene rings is 1. The first kappa shape index (κ1) is 27.9. The monoisotopic (exact) mass is 430 g/mol. The van der Waals surface area contributed by atoms with Crippen molar-refractivity contribution in [1.82, 2.24) is 4.98 Å². The zero-order valence-electron chi connectivity index (χ0n) is 19.6. The Hall–Kier alpha value is -2.11. The smallest absolute Gasteiger partial charge is 0.141 e. The lowest BCUT2D eigenvalue weighted by atomic mass is 10.0. The lowest BCUT2D eigenvalue weighted by Gasteiger charge is -2.05. The Morgan fingerprint density at radius 2 is 1.53 bits per heavy atom. The summed E-state index contributed by atoms with van der Waals surface area (Å²) in [6.07, 6.45) is 12.2. The molecule has 0 radical (unpaired) electrons. The van der Waals surface area contributed by atoms with E-state index in [-0.39, 0.29) is 0 Å². The summed E-state index contributed by atoms with van der Waals surface area (Å²) in [5, 5.41) is 3.17. The lowest BCUT2D eigenvalue weighted by Crippen LogP contribution is -2.10. The van der Waals surface area contributed by atoms with E-state index >= 15 is 0 Å². The number of benzene rings is 1. The van der Waals surface area contributed by atoms with Crippen LogP contribution < -0.4 is 11.5 Å². The molecule has 0 unspecified atom stereocenters. The minimum absolute atomic E-state index is 0.561. The van der Waals surface area contributed by atoms with Crippen LogP contribution in [0.1, 0.15) is 77.5 Å². The number of hydrogen-bond donors (Lipinski definition) is 3. The van der Waals surface area contributed by atoms with E-state index in [1.807, 2.05) is 61.8 Å². The van der Waals surface area contributed by atoms with Gasteiger partial charge in [0.05, 0.1) is 10.6 Å². The number of H-pyrrole nitrogens is 1. The van der Waals surface area contributed by atoms with Crippen molar-refractivity contribution in [2.45, 2.75) is 72.6 Å². The molecular weight excluding hydrogens is 388 g/mol. The third-order valence-corrected chi connectivity index (χ3v) is 4.95. The van der Waals surface area contributed by atoms with Crippen LogP contribution >= 0.6 is 11.3 Å². The van der Waals surface area contributed by atoms with Gasteiger partial charge in [0.2, 0.25) is 0 Å². The summed E-state index contributed by atoms with van der Waals surface area (Å²) in [5.74, 6) is 0.561. The number of rotatable bonds is 2. The molecule has 168 valence electrons. The van der Waals surface area contributed by atoms with Crippen molar-refractivity contribution < 1.29 is 0 Å². The van der Waals surface area contributed by atoms with E-state index in [0.29, 0.717) is 5.84 Å². The van der Waals surface area contributed by atoms with Crippen molar-refractivity contribution in [2.75, 3.05) is 7.05 Å². The summed E-state index contributed by atoms with van der Waals surface area (Å²) < 4.78 is 0. The Labute approximate surface area is 187 Å². The summed E-state index contributed by atoms with van der Waals surface area (Å²) >= 11 is 1.59. The van der Waals surface area contributed by atoms with E-state index in [9.17, 15) is 0 Å². The highest BCUT2D eigenvalue weighted by Crippen LogP contribution is 2.21. The molecular formula is C25H42N4S. The lowest BCUT2D eigenvalue weighted by molar-refractivity contribution is 0.504. The first-order valence-corrected chi connectivity index (χ1v) is 12.2. The van der Waals surface area contributed by atoms with E-state index in [1.165, 1.54) is 57.4 Å². The standard InChI is InChI=1S/C13H11N3S.C6H12.C3H8.C2H6.CH5N/c14-13(12-2-1-7-17-12)16-10-4-3-9-5-6-15-11(9)8-10;1-2-4-6-5-3-1;1-3-2;2*1-2/h1-8,15H,(H2,14,16);1-6H2;3H2,1-2H3;1-2H3;2H2,1H3. The van der Waals surface area contributed by atoms with Crippen molar-refractivity contribution in [3.8, 4) is 0 Å². The van der Waals surface area contributed by atoms with Gasteiger partial charge >= 0.3 is 0 Å². The minimum Gasteiger partial charge on any atom is -0.383 e. The largest absolute Gasteiger partial charge is 0.383 e. The third-order valence-electron chi connectivity index (χ3n) is 4.06. The molecule has 2 heterocycles. The molecule has 2 aromatic heterocycles. The van der Waals surface area contributed by atoms with Crippen LogP contribution in [0, 0.1) is 0 Å². The number of amidine groups is 1. The number of aliphatic imine (C=N–C) groups is 1. The highest BCUT2D eigenvalue weighted by atomic mass is 32.1. The Kier molecular flexibility index (Phi) is 17.6. The van der Waals surface area contributed by atoms with E-state index < -0.39 is 0 Å². The van der Waals surface area contributed by atoms with Gasteiger partial charge in [0.1, 0.15) is 5.84 Å². The zero-order chi connectivity index (χ0) is 22.6. The maximum absolute atomic E-state index is 5.94. The predicted molar refractivity (Wildman–Crippen MR) is 138 cm³/mol. The van der Waals surface area contributed by atoms with Crippen molar-refractivity contribution in [2.24, 2.45) is 16.5 Å². The molecule has 4 nitrogen and oxygen atoms in total. The summed E-state index contributed by atoms with van der Waals surface area (Å²) in [7, 11) is 1.50.